The Morgan fingerprint density at radius 3 is 2.09 bits per heavy atom. The molecule has 2 aromatic heterocycles. The van der Waals surface area contributed by atoms with Crippen molar-refractivity contribution in [2.75, 3.05) is 0 Å². The smallest absolute Gasteiger partial charge is 0.262 e. The molecule has 0 fully saturated rings. The maximum atomic E-state index is 13.1. The van der Waals surface area contributed by atoms with Gasteiger partial charge in [-0.1, -0.05) is 54.6 Å². The van der Waals surface area contributed by atoms with Crippen molar-refractivity contribution in [3.63, 3.8) is 0 Å². The Labute approximate surface area is 202 Å². The molecule has 4 nitrogen and oxygen atoms in total. The zero-order valence-electron chi connectivity index (χ0n) is 18.9. The molecule has 35 heavy (non-hydrogen) atoms. The minimum Gasteiger partial charge on any atom is -0.343 e. The van der Waals surface area contributed by atoms with Crippen LogP contribution < -0.4 is 0 Å². The largest absolute Gasteiger partial charge is 0.343 e. The van der Waals surface area contributed by atoms with E-state index in [2.05, 4.69) is 59.3 Å². The average molecular weight is 452 g/mol. The summed E-state index contributed by atoms with van der Waals surface area (Å²) in [6.45, 7) is 0.728. The molecule has 0 saturated carbocycles. The number of benzene rings is 4. The van der Waals surface area contributed by atoms with Crippen LogP contribution in [0.1, 0.15) is 21.5 Å². The maximum absolute atomic E-state index is 13.1. The first-order chi connectivity index (χ1) is 17.2. The van der Waals surface area contributed by atoms with E-state index in [1.54, 1.807) is 4.57 Å². The molecule has 0 saturated heterocycles. The monoisotopic (exact) mass is 451 g/mol. The van der Waals surface area contributed by atoms with Gasteiger partial charge < -0.3 is 4.57 Å². The highest BCUT2D eigenvalue weighted by molar-refractivity contribution is 6.03. The van der Waals surface area contributed by atoms with Crippen molar-refractivity contribution >= 4 is 27.7 Å². The van der Waals surface area contributed by atoms with Crippen LogP contribution in [0.5, 0.6) is 0 Å². The first kappa shape index (κ1) is 20.7. The molecule has 0 aliphatic rings. The number of nitrogens with zero attached hydrogens (tertiary/aromatic N) is 3. The Balaban J connectivity index is 1.38. The quantitative estimate of drug-likeness (QED) is 0.294. The first-order valence-corrected chi connectivity index (χ1v) is 11.5. The standard InChI is InChI=1S/C31H21N3O/c32-20-22-6-8-23(9-7-22)21-33-16-14-24-10-12-27(18-29(24)33)28-13-11-25-15-17-34(30(25)19-28)31(35)26-4-2-1-3-5-26/h1-19H,21H2. The van der Waals surface area contributed by atoms with Gasteiger partial charge >= 0.3 is 0 Å². The molecule has 4 heteroatoms. The second-order valence-corrected chi connectivity index (χ2v) is 8.66. The van der Waals surface area contributed by atoms with Crippen LogP contribution in [0, 0.1) is 11.3 Å². The fourth-order valence-corrected chi connectivity index (χ4v) is 4.59. The number of carbonyl (C=O) groups excluding carboxylic acids is 1. The van der Waals surface area contributed by atoms with Crippen molar-refractivity contribution in [1.29, 1.82) is 5.26 Å². The molecule has 0 N–H and O–H groups in total. The Hall–Kier alpha value is -4.88. The molecular formula is C31H21N3O. The molecule has 4 aromatic carbocycles. The van der Waals surface area contributed by atoms with Crippen molar-refractivity contribution in [2.45, 2.75) is 6.54 Å². The van der Waals surface area contributed by atoms with E-state index in [0.717, 1.165) is 39.7 Å². The molecule has 6 rings (SSSR count). The third-order valence-corrected chi connectivity index (χ3v) is 6.48. The molecule has 0 radical (unpaired) electrons. The van der Waals surface area contributed by atoms with Crippen LogP contribution >= 0.6 is 0 Å². The molecule has 0 bridgehead atoms. The van der Waals surface area contributed by atoms with E-state index in [1.807, 2.05) is 66.9 Å². The summed E-state index contributed by atoms with van der Waals surface area (Å²) in [5.74, 6) is -0.0375. The predicted octanol–water partition coefficient (Wildman–Crippen LogP) is 6.87. The van der Waals surface area contributed by atoms with Gasteiger partial charge in [0.25, 0.3) is 5.91 Å². The summed E-state index contributed by atoms with van der Waals surface area (Å²) >= 11 is 0. The van der Waals surface area contributed by atoms with Crippen LogP contribution in [-0.2, 0) is 6.54 Å². The SMILES string of the molecule is N#Cc1ccc(Cn2ccc3ccc(-c4ccc5ccn(C(=O)c6ccccc6)c5c4)cc32)cc1. The van der Waals surface area contributed by atoms with Crippen molar-refractivity contribution in [1.82, 2.24) is 9.13 Å². The number of nitriles is 1. The number of aromatic nitrogens is 2. The van der Waals surface area contributed by atoms with E-state index < -0.39 is 0 Å². The van der Waals surface area contributed by atoms with E-state index in [0.29, 0.717) is 11.1 Å². The summed E-state index contributed by atoms with van der Waals surface area (Å²) in [6, 6.07) is 36.1. The number of hydrogen-bond donors (Lipinski definition) is 0. The Kier molecular flexibility index (Phi) is 5.02. The molecule has 6 aromatic rings. The lowest BCUT2D eigenvalue weighted by molar-refractivity contribution is 0.0965. The minimum atomic E-state index is -0.0375. The fraction of sp³-hybridized carbons (Fsp3) is 0.0323. The van der Waals surface area contributed by atoms with Crippen LogP contribution in [0.4, 0.5) is 0 Å². The van der Waals surface area contributed by atoms with E-state index >= 15 is 0 Å². The predicted molar refractivity (Wildman–Crippen MR) is 139 cm³/mol. The van der Waals surface area contributed by atoms with Crippen molar-refractivity contribution < 1.29 is 4.79 Å². The zero-order chi connectivity index (χ0) is 23.8. The first-order valence-electron chi connectivity index (χ1n) is 11.5. The molecule has 0 unspecified atom stereocenters. The normalized spacial score (nSPS) is 11.1. The minimum absolute atomic E-state index is 0.0375. The number of fused-ring (bicyclic) bond motifs is 2. The molecule has 166 valence electrons. The van der Waals surface area contributed by atoms with Crippen molar-refractivity contribution in [3.8, 4) is 17.2 Å². The molecule has 0 atom stereocenters. The van der Waals surface area contributed by atoms with Crippen LogP contribution in [0.3, 0.4) is 0 Å². The van der Waals surface area contributed by atoms with E-state index in [9.17, 15) is 4.79 Å². The Morgan fingerprint density at radius 2 is 1.37 bits per heavy atom. The highest BCUT2D eigenvalue weighted by Gasteiger charge is 2.13. The third kappa shape index (κ3) is 3.80. The Morgan fingerprint density at radius 1 is 0.714 bits per heavy atom. The van der Waals surface area contributed by atoms with Gasteiger partial charge in [-0.2, -0.15) is 5.26 Å². The third-order valence-electron chi connectivity index (χ3n) is 6.48. The maximum Gasteiger partial charge on any atom is 0.262 e. The summed E-state index contributed by atoms with van der Waals surface area (Å²) in [5, 5.41) is 11.3. The van der Waals surface area contributed by atoms with Crippen LogP contribution in [0.15, 0.2) is 116 Å². The van der Waals surface area contributed by atoms with Crippen LogP contribution in [0.2, 0.25) is 0 Å². The number of hydrogen-bond acceptors (Lipinski definition) is 2. The van der Waals surface area contributed by atoms with Crippen LogP contribution in [-0.4, -0.2) is 15.0 Å². The summed E-state index contributed by atoms with van der Waals surface area (Å²) in [4.78, 5) is 13.1. The van der Waals surface area contributed by atoms with E-state index in [-0.39, 0.29) is 5.91 Å². The van der Waals surface area contributed by atoms with Gasteiger partial charge in [0.2, 0.25) is 0 Å². The summed E-state index contributed by atoms with van der Waals surface area (Å²) in [5.41, 5.74) is 6.67. The number of rotatable bonds is 4. The number of carbonyl (C=O) groups is 1. The second-order valence-electron chi connectivity index (χ2n) is 8.66. The fourth-order valence-electron chi connectivity index (χ4n) is 4.59. The van der Waals surface area contributed by atoms with Gasteiger partial charge in [-0.05, 0) is 70.6 Å². The zero-order valence-corrected chi connectivity index (χ0v) is 18.9. The summed E-state index contributed by atoms with van der Waals surface area (Å²) < 4.78 is 3.95. The highest BCUT2D eigenvalue weighted by atomic mass is 16.2. The lowest BCUT2D eigenvalue weighted by atomic mass is 10.0. The molecule has 0 spiro atoms. The summed E-state index contributed by atoms with van der Waals surface area (Å²) in [6.07, 6.45) is 3.94. The van der Waals surface area contributed by atoms with Crippen LogP contribution in [0.25, 0.3) is 32.9 Å². The van der Waals surface area contributed by atoms with E-state index in [4.69, 9.17) is 5.26 Å². The molecule has 0 aliphatic carbocycles. The summed E-state index contributed by atoms with van der Waals surface area (Å²) in [7, 11) is 0. The Bertz CT molecular complexity index is 1730. The topological polar surface area (TPSA) is 50.7 Å². The van der Waals surface area contributed by atoms with E-state index in [1.165, 1.54) is 5.39 Å². The second kappa shape index (κ2) is 8.48. The van der Waals surface area contributed by atoms with Crippen molar-refractivity contribution in [2.24, 2.45) is 0 Å². The lowest BCUT2D eigenvalue weighted by Crippen LogP contribution is -2.10. The molecule has 0 amide bonds. The van der Waals surface area contributed by atoms with Gasteiger partial charge in [0.1, 0.15) is 0 Å². The molecular weight excluding hydrogens is 430 g/mol. The van der Waals surface area contributed by atoms with Gasteiger partial charge in [0, 0.05) is 35.4 Å². The van der Waals surface area contributed by atoms with Gasteiger partial charge in [-0.3, -0.25) is 9.36 Å². The molecule has 2 heterocycles. The van der Waals surface area contributed by atoms with Gasteiger partial charge in [0.15, 0.2) is 0 Å². The lowest BCUT2D eigenvalue weighted by Gasteiger charge is -2.09. The molecule has 0 aliphatic heterocycles. The van der Waals surface area contributed by atoms with Gasteiger partial charge in [-0.15, -0.1) is 0 Å². The average Bonchev–Trinajstić information content (AvgIpc) is 3.52. The van der Waals surface area contributed by atoms with Crippen molar-refractivity contribution in [3.05, 3.63) is 132 Å². The van der Waals surface area contributed by atoms with Gasteiger partial charge in [-0.25, -0.2) is 0 Å². The highest BCUT2D eigenvalue weighted by Crippen LogP contribution is 2.29. The van der Waals surface area contributed by atoms with Gasteiger partial charge in [0.05, 0.1) is 17.1 Å².